The first-order valence-corrected chi connectivity index (χ1v) is 17.6. The maximum absolute atomic E-state index is 13.9. The number of hydrogen-bond acceptors (Lipinski definition) is 11. The quantitative estimate of drug-likeness (QED) is 0.161. The molecule has 2 fully saturated rings. The van der Waals surface area contributed by atoms with E-state index in [0.717, 1.165) is 15.8 Å². The van der Waals surface area contributed by atoms with Gasteiger partial charge in [0.25, 0.3) is 11.8 Å². The molecule has 0 radical (unpaired) electrons. The van der Waals surface area contributed by atoms with Crippen LogP contribution in [0.2, 0.25) is 0 Å². The third-order valence-electron chi connectivity index (χ3n) is 10.3. The first-order valence-electron chi connectivity index (χ1n) is 17.6. The van der Waals surface area contributed by atoms with Crippen LogP contribution >= 0.6 is 0 Å². The maximum Gasteiger partial charge on any atom is 0.408 e. The Hall–Kier alpha value is -4.61. The van der Waals surface area contributed by atoms with Gasteiger partial charge < -0.3 is 53.9 Å². The average Bonchev–Trinajstić information content (AvgIpc) is 3.74. The van der Waals surface area contributed by atoms with Crippen LogP contribution in [-0.4, -0.2) is 124 Å². The Kier molecular flexibility index (Phi) is 8.72. The molecule has 2 saturated heterocycles. The Morgan fingerprint density at radius 3 is 2.36 bits per heavy atom. The molecule has 3 aromatic carbocycles. The second kappa shape index (κ2) is 13.1. The Balaban J connectivity index is 1.16. The lowest BCUT2D eigenvalue weighted by Gasteiger charge is -2.43. The van der Waals surface area contributed by atoms with Gasteiger partial charge in [-0.2, -0.15) is 0 Å². The molecule has 2 aromatic heterocycles. The second-order valence-corrected chi connectivity index (χ2v) is 14.8. The van der Waals surface area contributed by atoms with E-state index in [0.29, 0.717) is 38.3 Å². The van der Waals surface area contributed by atoms with Crippen LogP contribution in [0, 0.1) is 0 Å². The zero-order valence-electron chi connectivity index (χ0n) is 29.9. The van der Waals surface area contributed by atoms with Gasteiger partial charge in [0, 0.05) is 47.6 Å². The van der Waals surface area contributed by atoms with Gasteiger partial charge >= 0.3 is 6.09 Å². The molecule has 3 aliphatic rings. The lowest BCUT2D eigenvalue weighted by Crippen LogP contribution is -2.58. The number of methoxy groups -OCH3 is 1. The number of aliphatic hydroxyl groups excluding tert-OH is 3. The molecule has 3 aliphatic heterocycles. The van der Waals surface area contributed by atoms with Crippen molar-refractivity contribution in [1.29, 1.82) is 0 Å². The predicted octanol–water partition coefficient (Wildman–Crippen LogP) is 3.31. The number of hydrogen-bond donors (Lipinski definition) is 5. The van der Waals surface area contributed by atoms with Crippen LogP contribution in [0.3, 0.4) is 0 Å². The fourth-order valence-corrected chi connectivity index (χ4v) is 7.94. The summed E-state index contributed by atoms with van der Waals surface area (Å²) in [7, 11) is 2.85. The highest BCUT2D eigenvalue weighted by Crippen LogP contribution is 2.47. The number of rotatable bonds is 6. The van der Waals surface area contributed by atoms with Crippen molar-refractivity contribution in [2.75, 3.05) is 27.4 Å². The van der Waals surface area contributed by atoms with E-state index in [9.17, 15) is 29.7 Å². The number of fused-ring (bicyclic) bond motifs is 10. The highest BCUT2D eigenvalue weighted by molar-refractivity contribution is 6.39. The molecule has 8 atom stereocenters. The summed E-state index contributed by atoms with van der Waals surface area (Å²) >= 11 is 0. The van der Waals surface area contributed by atoms with Crippen molar-refractivity contribution in [1.82, 2.24) is 19.8 Å². The molecule has 5 N–H and O–H groups in total. The van der Waals surface area contributed by atoms with Gasteiger partial charge in [-0.05, 0) is 32.9 Å². The molecule has 8 rings (SSSR count). The minimum atomic E-state index is -1.50. The minimum absolute atomic E-state index is 0.0248. The van der Waals surface area contributed by atoms with E-state index >= 15 is 0 Å². The number of para-hydroxylation sites is 2. The summed E-state index contributed by atoms with van der Waals surface area (Å²) in [4.78, 5) is 44.4. The number of aliphatic hydroxyl groups is 3. The van der Waals surface area contributed by atoms with Crippen molar-refractivity contribution in [3.63, 3.8) is 0 Å². The third-order valence-corrected chi connectivity index (χ3v) is 10.3. The van der Waals surface area contributed by atoms with Crippen LogP contribution in [0.25, 0.3) is 43.6 Å². The standard InChI is InChI=1S/C38H42N4O11/c1-38(2,3)53-37(48)40-20-15-50-24(14-22(20)43)51-16-23-33(49-5)31(44)32(45)36(52-23)42-21-13-9-7-11-18(21)26-28-27(34(46)41(4)35(28)47)25-17-10-6-8-12-19(17)39-29(25)30(26)42/h6-13,20,22-24,31-33,36,39,43-45H,14-16H2,1-5H3,(H,40,48)/t20-,22-,23+,24-,31+,32+,33+,36+/m0/s1. The van der Waals surface area contributed by atoms with Crippen LogP contribution in [0.1, 0.15) is 54.1 Å². The van der Waals surface area contributed by atoms with E-state index < -0.39 is 72.6 Å². The van der Waals surface area contributed by atoms with Crippen LogP contribution < -0.4 is 5.32 Å². The van der Waals surface area contributed by atoms with E-state index in [2.05, 4.69) is 10.3 Å². The largest absolute Gasteiger partial charge is 0.444 e. The highest BCUT2D eigenvalue weighted by atomic mass is 16.7. The Bertz CT molecular complexity index is 2270. The van der Waals surface area contributed by atoms with Gasteiger partial charge in [-0.25, -0.2) is 4.79 Å². The van der Waals surface area contributed by atoms with Crippen molar-refractivity contribution in [2.24, 2.45) is 0 Å². The Morgan fingerprint density at radius 1 is 0.981 bits per heavy atom. The number of carbonyl (C=O) groups excluding carboxylic acids is 3. The number of nitrogens with zero attached hydrogens (tertiary/aromatic N) is 2. The molecule has 3 amide bonds. The van der Waals surface area contributed by atoms with E-state index in [1.54, 1.807) is 25.3 Å². The summed E-state index contributed by atoms with van der Waals surface area (Å²) in [5.41, 5.74) is 2.28. The molecule has 0 bridgehead atoms. The third kappa shape index (κ3) is 5.74. The molecule has 0 aliphatic carbocycles. The average molecular weight is 731 g/mol. The summed E-state index contributed by atoms with van der Waals surface area (Å²) in [6.07, 6.45) is -8.66. The Labute approximate surface area is 303 Å². The highest BCUT2D eigenvalue weighted by Gasteiger charge is 2.48. The molecule has 5 heterocycles. The summed E-state index contributed by atoms with van der Waals surface area (Å²) in [5, 5.41) is 39.2. The maximum atomic E-state index is 13.9. The smallest absolute Gasteiger partial charge is 0.408 e. The number of alkyl carbamates (subject to hydrolysis) is 1. The molecule has 280 valence electrons. The van der Waals surface area contributed by atoms with Gasteiger partial charge in [0.2, 0.25) is 0 Å². The molecular formula is C38H42N4O11. The van der Waals surface area contributed by atoms with Crippen LogP contribution in [0.15, 0.2) is 48.5 Å². The monoisotopic (exact) mass is 730 g/mol. The normalized spacial score (nSPS) is 28.0. The van der Waals surface area contributed by atoms with E-state index in [4.69, 9.17) is 23.7 Å². The molecule has 0 saturated carbocycles. The van der Waals surface area contributed by atoms with Crippen molar-refractivity contribution in [3.8, 4) is 0 Å². The van der Waals surface area contributed by atoms with Crippen molar-refractivity contribution in [2.45, 2.75) is 81.9 Å². The number of nitrogens with one attached hydrogen (secondary N) is 2. The van der Waals surface area contributed by atoms with E-state index in [1.807, 2.05) is 48.5 Å². The Morgan fingerprint density at radius 2 is 1.66 bits per heavy atom. The van der Waals surface area contributed by atoms with Gasteiger partial charge in [-0.1, -0.05) is 36.4 Å². The van der Waals surface area contributed by atoms with E-state index in [-0.39, 0.29) is 25.2 Å². The number of aromatic amines is 1. The number of H-pyrrole nitrogens is 1. The lowest BCUT2D eigenvalue weighted by molar-refractivity contribution is -0.275. The number of aromatic nitrogens is 2. The van der Waals surface area contributed by atoms with E-state index in [1.165, 1.54) is 14.2 Å². The topological polar surface area (TPSA) is 194 Å². The second-order valence-electron chi connectivity index (χ2n) is 14.8. The van der Waals surface area contributed by atoms with Gasteiger partial charge in [-0.15, -0.1) is 0 Å². The summed E-state index contributed by atoms with van der Waals surface area (Å²) in [6.45, 7) is 5.01. The lowest BCUT2D eigenvalue weighted by atomic mass is 9.96. The number of amides is 3. The number of benzene rings is 3. The zero-order chi connectivity index (χ0) is 37.5. The van der Waals surface area contributed by atoms with Gasteiger partial charge in [0.1, 0.15) is 30.0 Å². The summed E-state index contributed by atoms with van der Waals surface area (Å²) in [6, 6.07) is 14.1. The fourth-order valence-electron chi connectivity index (χ4n) is 7.94. The van der Waals surface area contributed by atoms with Crippen molar-refractivity contribution in [3.05, 3.63) is 59.7 Å². The van der Waals surface area contributed by atoms with Gasteiger partial charge in [0.15, 0.2) is 12.5 Å². The van der Waals surface area contributed by atoms with Gasteiger partial charge in [0.05, 0.1) is 53.0 Å². The molecule has 15 heteroatoms. The summed E-state index contributed by atoms with van der Waals surface area (Å²) in [5.74, 6) is -0.857. The van der Waals surface area contributed by atoms with Crippen molar-refractivity contribution >= 4 is 61.5 Å². The molecule has 5 aromatic rings. The molecule has 0 spiro atoms. The zero-order valence-corrected chi connectivity index (χ0v) is 29.9. The van der Waals surface area contributed by atoms with Crippen LogP contribution in [0.5, 0.6) is 0 Å². The number of carbonyl (C=O) groups is 3. The van der Waals surface area contributed by atoms with Crippen molar-refractivity contribution < 1.29 is 53.4 Å². The molecular weight excluding hydrogens is 688 g/mol. The first-order chi connectivity index (χ1) is 25.3. The van der Waals surface area contributed by atoms with Crippen LogP contribution in [0.4, 0.5) is 4.79 Å². The predicted molar refractivity (Wildman–Crippen MR) is 191 cm³/mol. The number of ether oxygens (including phenoxy) is 5. The SMILES string of the molecule is CO[C@H]1[C@H](O)[C@@H](O)[C@H](n2c3ccccc3c3c4c(c5c6ccccc6[nH]c5c32)C(=O)N(C)C4=O)O[C@@H]1CO[C@H]1C[C@H](O)[C@@H](NC(=O)OC(C)(C)C)CO1. The summed E-state index contributed by atoms with van der Waals surface area (Å²) < 4.78 is 31.2. The minimum Gasteiger partial charge on any atom is -0.444 e. The molecule has 0 unspecified atom stereocenters. The van der Waals surface area contributed by atoms with Crippen LogP contribution in [-0.2, 0) is 23.7 Å². The first kappa shape index (κ1) is 35.4. The molecule has 15 nitrogen and oxygen atoms in total. The van der Waals surface area contributed by atoms with Gasteiger partial charge in [-0.3, -0.25) is 14.5 Å². The number of imide groups is 1. The molecule has 53 heavy (non-hydrogen) atoms. The fraction of sp³-hybridized carbons (Fsp3) is 0.447.